The van der Waals surface area contributed by atoms with Crippen LogP contribution in [0.25, 0.3) is 0 Å². The minimum absolute atomic E-state index is 0.109. The Morgan fingerprint density at radius 1 is 1.19 bits per heavy atom. The van der Waals surface area contributed by atoms with E-state index in [-0.39, 0.29) is 11.6 Å². The summed E-state index contributed by atoms with van der Waals surface area (Å²) < 4.78 is 19.1. The summed E-state index contributed by atoms with van der Waals surface area (Å²) in [4.78, 5) is 10.2. The van der Waals surface area contributed by atoms with Gasteiger partial charge in [0.1, 0.15) is 5.75 Å². The van der Waals surface area contributed by atoms with Crippen LogP contribution in [0, 0.1) is 5.82 Å². The van der Waals surface area contributed by atoms with Gasteiger partial charge in [0.05, 0.1) is 19.4 Å². The van der Waals surface area contributed by atoms with Crippen molar-refractivity contribution in [3.8, 4) is 5.75 Å². The average molecular weight is 290 g/mol. The Labute approximate surface area is 121 Å². The van der Waals surface area contributed by atoms with Gasteiger partial charge in [-0.3, -0.25) is 0 Å². The van der Waals surface area contributed by atoms with Gasteiger partial charge < -0.3 is 20.1 Å². The molecular formula is C14H15FN4O2. The topological polar surface area (TPSA) is 70.5 Å². The van der Waals surface area contributed by atoms with E-state index in [2.05, 4.69) is 15.3 Å². The number of benzene rings is 1. The Kier molecular flexibility index (Phi) is 3.83. The summed E-state index contributed by atoms with van der Waals surface area (Å²) >= 11 is 0. The lowest BCUT2D eigenvalue weighted by molar-refractivity contribution is 0.122. The van der Waals surface area contributed by atoms with Crippen molar-refractivity contribution in [2.24, 2.45) is 0 Å². The zero-order valence-corrected chi connectivity index (χ0v) is 11.3. The summed E-state index contributed by atoms with van der Waals surface area (Å²) in [5, 5.41) is 12.1. The highest BCUT2D eigenvalue weighted by molar-refractivity contribution is 5.58. The SMILES string of the molecule is Oc1ccc(Nc2nc(N3CCOCC3)ncc2F)cc1. The number of phenols is 1. The number of ether oxygens (including phenoxy) is 1. The van der Waals surface area contributed by atoms with E-state index in [1.165, 1.54) is 12.1 Å². The average Bonchev–Trinajstić information content (AvgIpc) is 2.52. The molecule has 1 aromatic heterocycles. The van der Waals surface area contributed by atoms with Crippen LogP contribution in [0.3, 0.4) is 0 Å². The summed E-state index contributed by atoms with van der Waals surface area (Å²) in [6.07, 6.45) is 1.15. The maximum Gasteiger partial charge on any atom is 0.227 e. The Balaban J connectivity index is 1.82. The van der Waals surface area contributed by atoms with Gasteiger partial charge in [-0.15, -0.1) is 0 Å². The minimum Gasteiger partial charge on any atom is -0.508 e. The molecule has 1 aromatic carbocycles. The van der Waals surface area contributed by atoms with Gasteiger partial charge in [-0.25, -0.2) is 9.37 Å². The van der Waals surface area contributed by atoms with Crippen LogP contribution >= 0.6 is 0 Å². The van der Waals surface area contributed by atoms with Crippen LogP contribution in [0.4, 0.5) is 21.8 Å². The Morgan fingerprint density at radius 2 is 1.90 bits per heavy atom. The lowest BCUT2D eigenvalue weighted by Gasteiger charge is -2.26. The van der Waals surface area contributed by atoms with Crippen molar-refractivity contribution in [2.45, 2.75) is 0 Å². The van der Waals surface area contributed by atoms with E-state index in [0.29, 0.717) is 37.9 Å². The largest absolute Gasteiger partial charge is 0.508 e. The highest BCUT2D eigenvalue weighted by Crippen LogP contribution is 2.21. The van der Waals surface area contributed by atoms with Crippen molar-refractivity contribution in [2.75, 3.05) is 36.5 Å². The molecule has 0 spiro atoms. The molecule has 2 heterocycles. The number of anilines is 3. The van der Waals surface area contributed by atoms with Crippen molar-refractivity contribution >= 4 is 17.5 Å². The fourth-order valence-corrected chi connectivity index (χ4v) is 2.04. The maximum absolute atomic E-state index is 13.8. The Hall–Kier alpha value is -2.41. The molecule has 0 bridgehead atoms. The molecule has 1 fully saturated rings. The van der Waals surface area contributed by atoms with Gasteiger partial charge in [-0.05, 0) is 24.3 Å². The molecule has 0 atom stereocenters. The molecule has 1 aliphatic rings. The van der Waals surface area contributed by atoms with E-state index in [4.69, 9.17) is 4.74 Å². The molecule has 2 aromatic rings. The molecule has 0 unspecified atom stereocenters. The number of hydrogen-bond acceptors (Lipinski definition) is 6. The molecule has 3 rings (SSSR count). The second-order valence-electron chi connectivity index (χ2n) is 4.64. The molecular weight excluding hydrogens is 275 g/mol. The van der Waals surface area contributed by atoms with Crippen LogP contribution in [0.1, 0.15) is 0 Å². The van der Waals surface area contributed by atoms with Gasteiger partial charge in [-0.2, -0.15) is 4.98 Å². The lowest BCUT2D eigenvalue weighted by atomic mass is 10.3. The van der Waals surface area contributed by atoms with Gasteiger partial charge in [0.2, 0.25) is 5.95 Å². The highest BCUT2D eigenvalue weighted by Gasteiger charge is 2.16. The van der Waals surface area contributed by atoms with E-state index in [9.17, 15) is 9.50 Å². The first kappa shape index (κ1) is 13.6. The van der Waals surface area contributed by atoms with Crippen LogP contribution in [0.2, 0.25) is 0 Å². The van der Waals surface area contributed by atoms with Gasteiger partial charge in [0, 0.05) is 18.8 Å². The standard InChI is InChI=1S/C14H15FN4O2/c15-12-9-16-14(19-5-7-21-8-6-19)18-13(12)17-10-1-3-11(20)4-2-10/h1-4,9,20H,5-8H2,(H,16,17,18). The predicted molar refractivity (Wildman–Crippen MR) is 76.4 cm³/mol. The summed E-state index contributed by atoms with van der Waals surface area (Å²) in [6, 6.07) is 6.32. The van der Waals surface area contributed by atoms with Crippen molar-refractivity contribution in [1.82, 2.24) is 9.97 Å². The third kappa shape index (κ3) is 3.19. The van der Waals surface area contributed by atoms with Crippen molar-refractivity contribution in [1.29, 1.82) is 0 Å². The van der Waals surface area contributed by atoms with Crippen LogP contribution in [0.15, 0.2) is 30.5 Å². The zero-order chi connectivity index (χ0) is 14.7. The van der Waals surface area contributed by atoms with E-state index >= 15 is 0 Å². The molecule has 110 valence electrons. The third-order valence-electron chi connectivity index (χ3n) is 3.16. The predicted octanol–water partition coefficient (Wildman–Crippen LogP) is 1.90. The van der Waals surface area contributed by atoms with E-state index in [1.54, 1.807) is 12.1 Å². The number of morpholine rings is 1. The number of rotatable bonds is 3. The fourth-order valence-electron chi connectivity index (χ4n) is 2.04. The van der Waals surface area contributed by atoms with E-state index in [0.717, 1.165) is 6.20 Å². The number of aromatic nitrogens is 2. The number of aromatic hydroxyl groups is 1. The Bertz CT molecular complexity index is 615. The van der Waals surface area contributed by atoms with E-state index in [1.807, 2.05) is 4.90 Å². The number of hydrogen-bond donors (Lipinski definition) is 2. The summed E-state index contributed by atoms with van der Waals surface area (Å²) in [5.74, 6) is 0.205. The quantitative estimate of drug-likeness (QED) is 0.841. The monoisotopic (exact) mass is 290 g/mol. The summed E-state index contributed by atoms with van der Waals surface area (Å²) in [6.45, 7) is 2.59. The van der Waals surface area contributed by atoms with Crippen LogP contribution in [-0.4, -0.2) is 41.4 Å². The number of phenolic OH excluding ortho intramolecular Hbond substituents is 1. The molecule has 0 radical (unpaired) electrons. The van der Waals surface area contributed by atoms with Crippen molar-refractivity contribution in [3.05, 3.63) is 36.3 Å². The first-order chi connectivity index (χ1) is 10.2. The van der Waals surface area contributed by atoms with Gasteiger partial charge in [0.25, 0.3) is 0 Å². The molecule has 1 saturated heterocycles. The molecule has 0 aliphatic carbocycles. The van der Waals surface area contributed by atoms with Gasteiger partial charge in [-0.1, -0.05) is 0 Å². The summed E-state index contributed by atoms with van der Waals surface area (Å²) in [7, 11) is 0. The second-order valence-corrected chi connectivity index (χ2v) is 4.64. The Morgan fingerprint density at radius 3 is 2.62 bits per heavy atom. The number of nitrogens with one attached hydrogen (secondary N) is 1. The molecule has 7 heteroatoms. The maximum atomic E-state index is 13.8. The molecule has 6 nitrogen and oxygen atoms in total. The number of nitrogens with zero attached hydrogens (tertiary/aromatic N) is 3. The molecule has 0 saturated carbocycles. The van der Waals surface area contributed by atoms with Crippen LogP contribution in [-0.2, 0) is 4.74 Å². The number of halogens is 1. The smallest absolute Gasteiger partial charge is 0.227 e. The van der Waals surface area contributed by atoms with Crippen molar-refractivity contribution in [3.63, 3.8) is 0 Å². The van der Waals surface area contributed by atoms with Gasteiger partial charge in [0.15, 0.2) is 11.6 Å². The van der Waals surface area contributed by atoms with E-state index < -0.39 is 5.82 Å². The molecule has 1 aliphatic heterocycles. The van der Waals surface area contributed by atoms with Crippen LogP contribution < -0.4 is 10.2 Å². The van der Waals surface area contributed by atoms with Gasteiger partial charge >= 0.3 is 0 Å². The third-order valence-corrected chi connectivity index (χ3v) is 3.16. The zero-order valence-electron chi connectivity index (χ0n) is 11.3. The van der Waals surface area contributed by atoms with Crippen LogP contribution in [0.5, 0.6) is 5.75 Å². The molecule has 0 amide bonds. The normalized spacial score (nSPS) is 15.0. The van der Waals surface area contributed by atoms with Crippen molar-refractivity contribution < 1.29 is 14.2 Å². The molecule has 2 N–H and O–H groups in total. The highest BCUT2D eigenvalue weighted by atomic mass is 19.1. The molecule has 21 heavy (non-hydrogen) atoms. The minimum atomic E-state index is -0.528. The lowest BCUT2D eigenvalue weighted by Crippen LogP contribution is -2.37. The summed E-state index contributed by atoms with van der Waals surface area (Å²) in [5.41, 5.74) is 0.637. The first-order valence-corrected chi connectivity index (χ1v) is 6.64. The fraction of sp³-hybridized carbons (Fsp3) is 0.286. The second kappa shape index (κ2) is 5.92. The first-order valence-electron chi connectivity index (χ1n) is 6.64.